The van der Waals surface area contributed by atoms with Crippen molar-refractivity contribution < 1.29 is 9.53 Å². The van der Waals surface area contributed by atoms with Gasteiger partial charge in [-0.25, -0.2) is 0 Å². The fraction of sp³-hybridized carbons (Fsp3) is 0.526. The lowest BCUT2D eigenvalue weighted by molar-refractivity contribution is -0.133. The molecule has 2 atom stereocenters. The van der Waals surface area contributed by atoms with E-state index >= 15 is 0 Å². The first-order valence-electron chi connectivity index (χ1n) is 8.54. The maximum Gasteiger partial charge on any atom is 0.233 e. The van der Waals surface area contributed by atoms with E-state index in [1.807, 2.05) is 11.0 Å². The number of fused-ring (bicyclic) bond motifs is 1. The van der Waals surface area contributed by atoms with E-state index in [4.69, 9.17) is 10.5 Å². The van der Waals surface area contributed by atoms with Crippen molar-refractivity contribution in [2.45, 2.75) is 31.6 Å². The number of hydrogen-bond donors (Lipinski definition) is 1. The molecule has 23 heavy (non-hydrogen) atoms. The molecule has 1 saturated carbocycles. The van der Waals surface area contributed by atoms with Gasteiger partial charge < -0.3 is 15.4 Å². The first-order valence-corrected chi connectivity index (χ1v) is 8.54. The average molecular weight is 314 g/mol. The monoisotopic (exact) mass is 314 g/mol. The lowest BCUT2D eigenvalue weighted by Crippen LogP contribution is -2.41. The van der Waals surface area contributed by atoms with Crippen molar-refractivity contribution in [2.75, 3.05) is 26.2 Å². The molecule has 1 amide bonds. The number of carbonyl (C=O) groups excluding carboxylic acids is 1. The maximum absolute atomic E-state index is 13.3. The Labute approximate surface area is 138 Å². The Hall–Kier alpha value is -1.81. The van der Waals surface area contributed by atoms with E-state index in [0.29, 0.717) is 13.1 Å². The molecule has 2 aliphatic rings. The summed E-state index contributed by atoms with van der Waals surface area (Å²) in [5, 5.41) is 0. The molecular weight excluding hydrogens is 288 g/mol. The minimum Gasteiger partial charge on any atom is -0.493 e. The molecule has 1 aromatic carbocycles. The summed E-state index contributed by atoms with van der Waals surface area (Å²) in [6, 6.07) is 6.22. The molecule has 1 aromatic rings. The van der Waals surface area contributed by atoms with Gasteiger partial charge in [0, 0.05) is 19.5 Å². The van der Waals surface area contributed by atoms with Crippen molar-refractivity contribution in [3.63, 3.8) is 0 Å². The largest absolute Gasteiger partial charge is 0.493 e. The van der Waals surface area contributed by atoms with Crippen LogP contribution in [0.15, 0.2) is 30.9 Å². The number of benzene rings is 1. The fourth-order valence-corrected chi connectivity index (χ4v) is 3.80. The molecule has 0 aromatic heterocycles. The van der Waals surface area contributed by atoms with Crippen LogP contribution in [0, 0.1) is 5.92 Å². The van der Waals surface area contributed by atoms with Crippen molar-refractivity contribution in [2.24, 2.45) is 11.7 Å². The molecule has 0 saturated heterocycles. The van der Waals surface area contributed by atoms with E-state index in [1.54, 1.807) is 6.08 Å². The van der Waals surface area contributed by atoms with Crippen LogP contribution >= 0.6 is 0 Å². The van der Waals surface area contributed by atoms with Crippen LogP contribution in [0.1, 0.15) is 30.9 Å². The predicted molar refractivity (Wildman–Crippen MR) is 91.5 cm³/mol. The normalized spacial score (nSPS) is 24.7. The zero-order chi connectivity index (χ0) is 16.4. The summed E-state index contributed by atoms with van der Waals surface area (Å²) in [5.74, 6) is 1.39. The zero-order valence-corrected chi connectivity index (χ0v) is 13.9. The van der Waals surface area contributed by atoms with Gasteiger partial charge in [0.05, 0.1) is 12.0 Å². The predicted octanol–water partition coefficient (Wildman–Crippen LogP) is 2.26. The Balaban J connectivity index is 1.93. The number of ether oxygens (including phenoxy) is 1. The van der Waals surface area contributed by atoms with Crippen LogP contribution in [0.25, 0.3) is 0 Å². The van der Waals surface area contributed by atoms with E-state index in [-0.39, 0.29) is 11.8 Å². The third kappa shape index (κ3) is 2.65. The zero-order valence-electron chi connectivity index (χ0n) is 13.9. The molecule has 1 heterocycles. The van der Waals surface area contributed by atoms with Crippen LogP contribution in [-0.2, 0) is 16.6 Å². The molecule has 4 nitrogen and oxygen atoms in total. The summed E-state index contributed by atoms with van der Waals surface area (Å²) >= 11 is 0. The minimum absolute atomic E-state index is 0.202. The number of nitrogens with zero attached hydrogens (tertiary/aromatic N) is 1. The second-order valence-corrected chi connectivity index (χ2v) is 6.57. The molecule has 1 aliphatic heterocycles. The van der Waals surface area contributed by atoms with E-state index in [0.717, 1.165) is 43.7 Å². The summed E-state index contributed by atoms with van der Waals surface area (Å²) < 4.78 is 5.59. The van der Waals surface area contributed by atoms with Gasteiger partial charge in [-0.3, -0.25) is 4.79 Å². The van der Waals surface area contributed by atoms with Crippen molar-refractivity contribution >= 4 is 5.91 Å². The number of amides is 1. The Morgan fingerprint density at radius 2 is 2.39 bits per heavy atom. The third-order valence-electron chi connectivity index (χ3n) is 5.11. The van der Waals surface area contributed by atoms with E-state index in [2.05, 4.69) is 25.6 Å². The molecule has 2 N–H and O–H groups in total. The fourth-order valence-electron chi connectivity index (χ4n) is 3.80. The summed E-state index contributed by atoms with van der Waals surface area (Å²) in [6.45, 7) is 8.53. The molecule has 1 aliphatic carbocycles. The van der Waals surface area contributed by atoms with Crippen LogP contribution in [0.2, 0.25) is 0 Å². The number of nitrogens with two attached hydrogens (primary N) is 1. The first kappa shape index (κ1) is 16.1. The number of hydrogen-bond acceptors (Lipinski definition) is 3. The summed E-state index contributed by atoms with van der Waals surface area (Å²) in [7, 11) is 0. The third-order valence-corrected chi connectivity index (χ3v) is 5.11. The molecular formula is C19H26N2O2. The van der Waals surface area contributed by atoms with Crippen LogP contribution in [0.4, 0.5) is 0 Å². The summed E-state index contributed by atoms with van der Waals surface area (Å²) in [5.41, 5.74) is 7.81. The van der Waals surface area contributed by atoms with Crippen LogP contribution < -0.4 is 10.5 Å². The molecule has 3 rings (SSSR count). The number of carbonyl (C=O) groups is 1. The lowest BCUT2D eigenvalue weighted by Gasteiger charge is -2.27. The summed E-state index contributed by atoms with van der Waals surface area (Å²) in [4.78, 5) is 15.2. The molecule has 0 spiro atoms. The average Bonchev–Trinajstić information content (AvgIpc) is 3.13. The van der Waals surface area contributed by atoms with Gasteiger partial charge in [-0.15, -0.1) is 6.58 Å². The highest BCUT2D eigenvalue weighted by Gasteiger charge is 2.61. The quantitative estimate of drug-likeness (QED) is 0.786. The Kier molecular flexibility index (Phi) is 4.44. The summed E-state index contributed by atoms with van der Waals surface area (Å²) in [6.07, 6.45) is 4.52. The molecule has 0 radical (unpaired) electrons. The minimum atomic E-state index is -0.440. The molecule has 0 unspecified atom stereocenters. The highest BCUT2D eigenvalue weighted by atomic mass is 16.5. The highest BCUT2D eigenvalue weighted by molar-refractivity contribution is 5.92. The lowest BCUT2D eigenvalue weighted by atomic mass is 9.89. The van der Waals surface area contributed by atoms with Crippen LogP contribution in [0.5, 0.6) is 5.75 Å². The van der Waals surface area contributed by atoms with Gasteiger partial charge in [0.2, 0.25) is 5.91 Å². The van der Waals surface area contributed by atoms with Crippen molar-refractivity contribution in [1.82, 2.24) is 4.90 Å². The van der Waals surface area contributed by atoms with Crippen molar-refractivity contribution in [1.29, 1.82) is 0 Å². The van der Waals surface area contributed by atoms with Crippen LogP contribution in [0.3, 0.4) is 0 Å². The van der Waals surface area contributed by atoms with E-state index < -0.39 is 5.41 Å². The second-order valence-electron chi connectivity index (χ2n) is 6.57. The SMILES string of the molecule is C=CCN(CCC)C(=O)[C@@]1(c2ccc3c(c2)CCO3)C[C@H]1CN. The smallest absolute Gasteiger partial charge is 0.233 e. The second kappa shape index (κ2) is 6.36. The first-order chi connectivity index (χ1) is 11.2. The molecule has 1 fully saturated rings. The number of rotatable bonds is 7. The van der Waals surface area contributed by atoms with Gasteiger partial charge in [-0.1, -0.05) is 25.1 Å². The molecule has 0 bridgehead atoms. The van der Waals surface area contributed by atoms with Crippen molar-refractivity contribution in [3.8, 4) is 5.75 Å². The Bertz CT molecular complexity index is 613. The van der Waals surface area contributed by atoms with Gasteiger partial charge in [0.25, 0.3) is 0 Å². The van der Waals surface area contributed by atoms with E-state index in [1.165, 1.54) is 5.56 Å². The van der Waals surface area contributed by atoms with Gasteiger partial charge in [-0.2, -0.15) is 0 Å². The van der Waals surface area contributed by atoms with Gasteiger partial charge in [-0.05, 0) is 42.5 Å². The molecule has 4 heteroatoms. The van der Waals surface area contributed by atoms with Gasteiger partial charge in [0.15, 0.2) is 0 Å². The maximum atomic E-state index is 13.3. The Morgan fingerprint density at radius 3 is 3.04 bits per heavy atom. The van der Waals surface area contributed by atoms with E-state index in [9.17, 15) is 4.79 Å². The standard InChI is InChI=1S/C19H26N2O2/c1-3-8-21(9-4-2)18(22)19(12-16(19)13-20)15-5-6-17-14(11-15)7-10-23-17/h3,5-6,11,16H,1,4,7-10,12-13,20H2,2H3/t16-,19+/m0/s1. The van der Waals surface area contributed by atoms with Crippen LogP contribution in [-0.4, -0.2) is 37.0 Å². The Morgan fingerprint density at radius 1 is 1.57 bits per heavy atom. The topological polar surface area (TPSA) is 55.6 Å². The van der Waals surface area contributed by atoms with Gasteiger partial charge in [0.1, 0.15) is 5.75 Å². The molecule has 124 valence electrons. The van der Waals surface area contributed by atoms with Gasteiger partial charge >= 0.3 is 0 Å². The highest BCUT2D eigenvalue weighted by Crippen LogP contribution is 2.55. The van der Waals surface area contributed by atoms with Crippen molar-refractivity contribution in [3.05, 3.63) is 42.0 Å².